The molecule has 20 heavy (non-hydrogen) atoms. The summed E-state index contributed by atoms with van der Waals surface area (Å²) in [4.78, 5) is 23.4. The number of aliphatic hydroxyl groups excluding tert-OH is 1. The lowest BCUT2D eigenvalue weighted by atomic mass is 10.1. The van der Waals surface area contributed by atoms with E-state index in [1.807, 2.05) is 19.9 Å². The van der Waals surface area contributed by atoms with Gasteiger partial charge in [-0.2, -0.15) is 0 Å². The van der Waals surface area contributed by atoms with Crippen LogP contribution in [-0.4, -0.2) is 36.1 Å². The summed E-state index contributed by atoms with van der Waals surface area (Å²) in [6.07, 6.45) is 0.0525. The van der Waals surface area contributed by atoms with Crippen molar-refractivity contribution < 1.29 is 14.7 Å². The van der Waals surface area contributed by atoms with E-state index in [4.69, 9.17) is 5.11 Å². The van der Waals surface area contributed by atoms with Crippen molar-refractivity contribution >= 4 is 11.8 Å². The molecule has 0 radical (unpaired) electrons. The Kier molecular flexibility index (Phi) is 6.18. The number of benzene rings is 1. The Labute approximate surface area is 119 Å². The Hall–Kier alpha value is -1.88. The van der Waals surface area contributed by atoms with Crippen LogP contribution in [0.3, 0.4) is 0 Å². The van der Waals surface area contributed by atoms with Gasteiger partial charge in [-0.05, 0) is 39.3 Å². The number of rotatable bonds is 6. The van der Waals surface area contributed by atoms with Gasteiger partial charge < -0.3 is 15.7 Å². The Bertz CT molecular complexity index is 464. The van der Waals surface area contributed by atoms with E-state index in [-0.39, 0.29) is 18.4 Å². The fraction of sp³-hybridized carbons (Fsp3) is 0.467. The molecule has 0 fully saturated rings. The molecule has 0 aromatic heterocycles. The second kappa shape index (κ2) is 7.65. The van der Waals surface area contributed by atoms with Crippen molar-refractivity contribution in [3.63, 3.8) is 0 Å². The molecule has 2 amide bonds. The minimum Gasteiger partial charge on any atom is -0.393 e. The number of hydrogen-bond acceptors (Lipinski definition) is 3. The van der Waals surface area contributed by atoms with Crippen LogP contribution in [0.25, 0.3) is 0 Å². The third-order valence-corrected chi connectivity index (χ3v) is 2.78. The molecular weight excluding hydrogens is 256 g/mol. The van der Waals surface area contributed by atoms with Crippen molar-refractivity contribution in [1.29, 1.82) is 0 Å². The highest BCUT2D eigenvalue weighted by Gasteiger charge is 2.08. The number of carbonyl (C=O) groups excluding carboxylic acids is 2. The number of amides is 2. The second-order valence-corrected chi connectivity index (χ2v) is 5.05. The standard InChI is InChI=1S/C15H22N2O3/c1-10-6-11(2)8-13(7-10)15(20)17-9-14(19)16-5-4-12(3)18/h6-8,12,18H,4-5,9H2,1-3H3,(H,16,19)(H,17,20). The van der Waals surface area contributed by atoms with Gasteiger partial charge in [-0.3, -0.25) is 9.59 Å². The summed E-state index contributed by atoms with van der Waals surface area (Å²) in [5.41, 5.74) is 2.58. The Morgan fingerprint density at radius 1 is 1.15 bits per heavy atom. The molecular formula is C15H22N2O3. The molecule has 0 bridgehead atoms. The van der Waals surface area contributed by atoms with Crippen molar-refractivity contribution in [3.05, 3.63) is 34.9 Å². The summed E-state index contributed by atoms with van der Waals surface area (Å²) < 4.78 is 0. The number of nitrogens with one attached hydrogen (secondary N) is 2. The maximum absolute atomic E-state index is 11.9. The fourth-order valence-corrected chi connectivity index (χ4v) is 1.85. The molecule has 110 valence electrons. The van der Waals surface area contributed by atoms with Gasteiger partial charge in [0.1, 0.15) is 0 Å². The zero-order valence-electron chi connectivity index (χ0n) is 12.2. The van der Waals surface area contributed by atoms with E-state index in [1.165, 1.54) is 0 Å². The SMILES string of the molecule is Cc1cc(C)cc(C(=O)NCC(=O)NCCC(C)O)c1. The van der Waals surface area contributed by atoms with Gasteiger partial charge in [0.25, 0.3) is 5.91 Å². The third-order valence-electron chi connectivity index (χ3n) is 2.78. The van der Waals surface area contributed by atoms with Crippen molar-refractivity contribution in [2.45, 2.75) is 33.3 Å². The highest BCUT2D eigenvalue weighted by atomic mass is 16.3. The summed E-state index contributed by atoms with van der Waals surface area (Å²) in [6, 6.07) is 5.56. The molecule has 1 rings (SSSR count). The van der Waals surface area contributed by atoms with E-state index in [2.05, 4.69) is 10.6 Å². The second-order valence-electron chi connectivity index (χ2n) is 5.05. The lowest BCUT2D eigenvalue weighted by Crippen LogP contribution is -2.37. The van der Waals surface area contributed by atoms with Crippen LogP contribution < -0.4 is 10.6 Å². The zero-order valence-corrected chi connectivity index (χ0v) is 12.2. The highest BCUT2D eigenvalue weighted by Crippen LogP contribution is 2.08. The third kappa shape index (κ3) is 5.84. The molecule has 0 aliphatic carbocycles. The van der Waals surface area contributed by atoms with Gasteiger partial charge in [0.2, 0.25) is 5.91 Å². The fourth-order valence-electron chi connectivity index (χ4n) is 1.85. The predicted molar refractivity (Wildman–Crippen MR) is 77.6 cm³/mol. The quantitative estimate of drug-likeness (QED) is 0.724. The first-order valence-electron chi connectivity index (χ1n) is 6.69. The largest absolute Gasteiger partial charge is 0.393 e. The monoisotopic (exact) mass is 278 g/mol. The summed E-state index contributed by atoms with van der Waals surface area (Å²) in [5, 5.41) is 14.3. The van der Waals surface area contributed by atoms with Crippen LogP contribution in [0, 0.1) is 13.8 Å². The topological polar surface area (TPSA) is 78.4 Å². The number of aliphatic hydroxyl groups is 1. The summed E-state index contributed by atoms with van der Waals surface area (Å²) in [5.74, 6) is -0.522. The smallest absolute Gasteiger partial charge is 0.251 e. The minimum atomic E-state index is -0.444. The van der Waals surface area contributed by atoms with E-state index in [0.29, 0.717) is 18.5 Å². The molecule has 0 aliphatic heterocycles. The van der Waals surface area contributed by atoms with Gasteiger partial charge in [0, 0.05) is 12.1 Å². The zero-order chi connectivity index (χ0) is 15.1. The molecule has 1 aromatic rings. The molecule has 0 saturated heterocycles. The van der Waals surface area contributed by atoms with Gasteiger partial charge in [-0.15, -0.1) is 0 Å². The molecule has 5 nitrogen and oxygen atoms in total. The molecule has 0 aliphatic rings. The molecule has 0 heterocycles. The number of carbonyl (C=O) groups is 2. The van der Waals surface area contributed by atoms with E-state index >= 15 is 0 Å². The first kappa shape index (κ1) is 16.2. The van der Waals surface area contributed by atoms with Gasteiger partial charge >= 0.3 is 0 Å². The van der Waals surface area contributed by atoms with Crippen LogP contribution in [0.1, 0.15) is 34.8 Å². The minimum absolute atomic E-state index is 0.0639. The van der Waals surface area contributed by atoms with Crippen molar-refractivity contribution in [1.82, 2.24) is 10.6 Å². The van der Waals surface area contributed by atoms with E-state index < -0.39 is 6.10 Å². The average Bonchev–Trinajstić information content (AvgIpc) is 2.34. The summed E-state index contributed by atoms with van der Waals surface area (Å²) >= 11 is 0. The van der Waals surface area contributed by atoms with Crippen LogP contribution in [0.4, 0.5) is 0 Å². The summed E-state index contributed by atoms with van der Waals surface area (Å²) in [7, 11) is 0. The van der Waals surface area contributed by atoms with E-state index in [1.54, 1.807) is 19.1 Å². The molecule has 5 heteroatoms. The maximum Gasteiger partial charge on any atom is 0.251 e. The van der Waals surface area contributed by atoms with Crippen LogP contribution in [0.5, 0.6) is 0 Å². The van der Waals surface area contributed by atoms with Crippen LogP contribution in [-0.2, 0) is 4.79 Å². The van der Waals surface area contributed by atoms with Crippen LogP contribution >= 0.6 is 0 Å². The molecule has 1 aromatic carbocycles. The number of hydrogen-bond donors (Lipinski definition) is 3. The van der Waals surface area contributed by atoms with Crippen molar-refractivity contribution in [3.8, 4) is 0 Å². The normalized spacial score (nSPS) is 11.8. The maximum atomic E-state index is 11.9. The predicted octanol–water partition coefficient (Wildman–Crippen LogP) is 0.920. The van der Waals surface area contributed by atoms with Gasteiger partial charge in [-0.1, -0.05) is 17.2 Å². The van der Waals surface area contributed by atoms with Crippen molar-refractivity contribution in [2.24, 2.45) is 0 Å². The Balaban J connectivity index is 2.41. The molecule has 0 spiro atoms. The highest BCUT2D eigenvalue weighted by molar-refractivity contribution is 5.96. The van der Waals surface area contributed by atoms with Gasteiger partial charge in [0.05, 0.1) is 12.6 Å². The van der Waals surface area contributed by atoms with Crippen LogP contribution in [0.15, 0.2) is 18.2 Å². The van der Waals surface area contributed by atoms with Crippen molar-refractivity contribution in [2.75, 3.05) is 13.1 Å². The molecule has 3 N–H and O–H groups in total. The van der Waals surface area contributed by atoms with E-state index in [9.17, 15) is 9.59 Å². The molecule has 0 saturated carbocycles. The van der Waals surface area contributed by atoms with Gasteiger partial charge in [0.15, 0.2) is 0 Å². The Morgan fingerprint density at radius 3 is 2.30 bits per heavy atom. The molecule has 1 atom stereocenters. The van der Waals surface area contributed by atoms with E-state index in [0.717, 1.165) is 11.1 Å². The lowest BCUT2D eigenvalue weighted by molar-refractivity contribution is -0.120. The first-order chi connectivity index (χ1) is 9.38. The van der Waals surface area contributed by atoms with Crippen LogP contribution in [0.2, 0.25) is 0 Å². The molecule has 1 unspecified atom stereocenters. The van der Waals surface area contributed by atoms with Gasteiger partial charge in [-0.25, -0.2) is 0 Å². The Morgan fingerprint density at radius 2 is 1.75 bits per heavy atom. The number of aryl methyl sites for hydroxylation is 2. The summed E-state index contributed by atoms with van der Waals surface area (Å²) in [6.45, 7) is 5.84. The first-order valence-corrected chi connectivity index (χ1v) is 6.69. The lowest BCUT2D eigenvalue weighted by Gasteiger charge is -2.09. The average molecular weight is 278 g/mol.